The summed E-state index contributed by atoms with van der Waals surface area (Å²) < 4.78 is 93.6. The third kappa shape index (κ3) is 7.23. The number of benzene rings is 3. The lowest BCUT2D eigenvalue weighted by Gasteiger charge is -2.20. The number of unbranched alkanes of at least 4 members (excludes halogenated alkanes) is 4. The minimum atomic E-state index is -5.84. The van der Waals surface area contributed by atoms with Crippen LogP contribution in [0.2, 0.25) is 0 Å². The van der Waals surface area contributed by atoms with Gasteiger partial charge in [0, 0.05) is 5.56 Å². The summed E-state index contributed by atoms with van der Waals surface area (Å²) in [4.78, 5) is 0. The summed E-state index contributed by atoms with van der Waals surface area (Å²) >= 11 is 0. The Morgan fingerprint density at radius 2 is 1.20 bits per heavy atom. The molecule has 0 aliphatic carbocycles. The molecule has 35 heavy (non-hydrogen) atoms. The topological polar surface area (TPSA) is 9.23 Å². The van der Waals surface area contributed by atoms with Gasteiger partial charge in [0.2, 0.25) is 0 Å². The van der Waals surface area contributed by atoms with Crippen LogP contribution in [-0.2, 0) is 6.42 Å². The first-order valence-electron chi connectivity index (χ1n) is 11.3. The fourth-order valence-electron chi connectivity index (χ4n) is 3.66. The molecule has 8 heteroatoms. The highest BCUT2D eigenvalue weighted by Gasteiger charge is 2.61. The second-order valence-electron chi connectivity index (χ2n) is 8.24. The highest BCUT2D eigenvalue weighted by Crippen LogP contribution is 2.38. The highest BCUT2D eigenvalue weighted by molar-refractivity contribution is 5.71. The molecule has 0 radical (unpaired) electrons. The van der Waals surface area contributed by atoms with E-state index >= 15 is 0 Å². The minimum absolute atomic E-state index is 0.173. The van der Waals surface area contributed by atoms with E-state index in [2.05, 4.69) is 4.74 Å². The van der Waals surface area contributed by atoms with Crippen molar-refractivity contribution >= 4 is 0 Å². The monoisotopic (exact) mass is 498 g/mol. The fraction of sp³-hybridized carbons (Fsp3) is 0.333. The van der Waals surface area contributed by atoms with Gasteiger partial charge in [0.1, 0.15) is 11.6 Å². The third-order valence-corrected chi connectivity index (χ3v) is 5.60. The Hall–Kier alpha value is -3.03. The van der Waals surface area contributed by atoms with E-state index in [1.807, 2.05) is 24.3 Å². The normalized spacial score (nSPS) is 12.1. The maximum absolute atomic E-state index is 14.8. The Kier molecular flexibility index (Phi) is 8.81. The van der Waals surface area contributed by atoms with Crippen LogP contribution in [0.4, 0.5) is 30.7 Å². The first-order chi connectivity index (χ1) is 16.6. The van der Waals surface area contributed by atoms with Crippen LogP contribution >= 0.6 is 0 Å². The van der Waals surface area contributed by atoms with Crippen LogP contribution in [-0.4, -0.2) is 19.0 Å². The summed E-state index contributed by atoms with van der Waals surface area (Å²) in [6, 6.07) is 16.6. The Morgan fingerprint density at radius 3 is 1.80 bits per heavy atom. The molecule has 0 aliphatic rings. The molecule has 3 rings (SSSR count). The standard InChI is InChI=1S/C27H25F7O/c28-17-5-3-1-2-4-6-19-7-9-20(10-8-19)22-13-16-24(25(29)18-22)21-11-14-23(15-12-21)35-27(33,34)26(30,31)32/h7-16,18H,1-6,17H2. The Bertz CT molecular complexity index is 1070. The third-order valence-electron chi connectivity index (χ3n) is 5.60. The SMILES string of the molecule is FCCCCCCCc1ccc(-c2ccc(-c3ccc(OC(F)(F)C(F)(F)F)cc3)c(F)c2)cc1. The minimum Gasteiger partial charge on any atom is -0.426 e. The molecule has 0 unspecified atom stereocenters. The number of aryl methyl sites for hydroxylation is 1. The average molecular weight is 498 g/mol. The summed E-state index contributed by atoms with van der Waals surface area (Å²) in [5, 5.41) is 0. The summed E-state index contributed by atoms with van der Waals surface area (Å²) in [5.41, 5.74) is 3.11. The van der Waals surface area contributed by atoms with E-state index < -0.39 is 23.9 Å². The van der Waals surface area contributed by atoms with Crippen molar-refractivity contribution in [3.05, 3.63) is 78.1 Å². The van der Waals surface area contributed by atoms with Crippen LogP contribution < -0.4 is 4.74 Å². The van der Waals surface area contributed by atoms with Gasteiger partial charge in [-0.05, 0) is 59.7 Å². The van der Waals surface area contributed by atoms with E-state index in [1.165, 1.54) is 24.3 Å². The van der Waals surface area contributed by atoms with Crippen LogP contribution in [0.15, 0.2) is 66.7 Å². The van der Waals surface area contributed by atoms with E-state index in [9.17, 15) is 30.7 Å². The predicted octanol–water partition coefficient (Wildman–Crippen LogP) is 9.16. The van der Waals surface area contributed by atoms with E-state index in [0.29, 0.717) is 17.5 Å². The Morgan fingerprint density at radius 1 is 0.629 bits per heavy atom. The van der Waals surface area contributed by atoms with Crippen molar-refractivity contribution in [2.24, 2.45) is 0 Å². The molecule has 0 amide bonds. The molecular formula is C27H25F7O. The summed E-state index contributed by atoms with van der Waals surface area (Å²) in [6.45, 7) is -0.267. The van der Waals surface area contributed by atoms with Gasteiger partial charge in [0.25, 0.3) is 0 Å². The molecule has 0 aliphatic heterocycles. The van der Waals surface area contributed by atoms with E-state index in [1.54, 1.807) is 6.07 Å². The quantitative estimate of drug-likeness (QED) is 0.189. The van der Waals surface area contributed by atoms with Gasteiger partial charge in [-0.2, -0.15) is 22.0 Å². The second kappa shape index (κ2) is 11.6. The van der Waals surface area contributed by atoms with Gasteiger partial charge in [-0.3, -0.25) is 4.39 Å². The predicted molar refractivity (Wildman–Crippen MR) is 122 cm³/mol. The molecule has 0 bridgehead atoms. The van der Waals surface area contributed by atoms with Gasteiger partial charge in [-0.1, -0.05) is 67.8 Å². The fourth-order valence-corrected chi connectivity index (χ4v) is 3.66. The number of halogens is 7. The highest BCUT2D eigenvalue weighted by atomic mass is 19.4. The number of hydrogen-bond donors (Lipinski definition) is 0. The molecule has 188 valence electrons. The first-order valence-corrected chi connectivity index (χ1v) is 11.3. The molecule has 3 aromatic carbocycles. The molecule has 0 atom stereocenters. The lowest BCUT2D eigenvalue weighted by molar-refractivity contribution is -0.360. The van der Waals surface area contributed by atoms with Gasteiger partial charge in [0.15, 0.2) is 0 Å². The van der Waals surface area contributed by atoms with Crippen LogP contribution in [0.25, 0.3) is 22.3 Å². The van der Waals surface area contributed by atoms with E-state index in [0.717, 1.165) is 55.4 Å². The molecular weight excluding hydrogens is 473 g/mol. The number of hydrogen-bond acceptors (Lipinski definition) is 1. The van der Waals surface area contributed by atoms with Crippen LogP contribution in [0.5, 0.6) is 5.75 Å². The molecule has 3 aromatic rings. The molecule has 0 N–H and O–H groups in total. The maximum atomic E-state index is 14.8. The summed E-state index contributed by atoms with van der Waals surface area (Å²) in [7, 11) is 0. The first kappa shape index (κ1) is 26.6. The zero-order valence-electron chi connectivity index (χ0n) is 18.9. The van der Waals surface area contributed by atoms with Crippen molar-refractivity contribution in [2.45, 2.75) is 50.8 Å². The average Bonchev–Trinajstić information content (AvgIpc) is 2.81. The summed E-state index contributed by atoms with van der Waals surface area (Å²) in [6.07, 6.45) is -5.65. The second-order valence-corrected chi connectivity index (χ2v) is 8.24. The van der Waals surface area contributed by atoms with Crippen LogP contribution in [0, 0.1) is 5.82 Å². The van der Waals surface area contributed by atoms with Crippen molar-refractivity contribution in [1.82, 2.24) is 0 Å². The van der Waals surface area contributed by atoms with E-state index in [-0.39, 0.29) is 12.2 Å². The number of alkyl halides is 6. The zero-order chi connectivity index (χ0) is 25.5. The Labute approximate surface area is 199 Å². The maximum Gasteiger partial charge on any atom is 0.499 e. The molecule has 0 saturated heterocycles. The van der Waals surface area contributed by atoms with Crippen molar-refractivity contribution in [3.63, 3.8) is 0 Å². The van der Waals surface area contributed by atoms with Gasteiger partial charge >= 0.3 is 12.3 Å². The number of rotatable bonds is 11. The lowest BCUT2D eigenvalue weighted by atomic mass is 9.98. The Balaban J connectivity index is 1.63. The van der Waals surface area contributed by atoms with Gasteiger partial charge in [-0.25, -0.2) is 4.39 Å². The molecule has 0 heterocycles. The van der Waals surface area contributed by atoms with Gasteiger partial charge < -0.3 is 4.74 Å². The van der Waals surface area contributed by atoms with E-state index in [4.69, 9.17) is 0 Å². The van der Waals surface area contributed by atoms with Crippen LogP contribution in [0.3, 0.4) is 0 Å². The smallest absolute Gasteiger partial charge is 0.426 e. The van der Waals surface area contributed by atoms with Crippen molar-refractivity contribution in [3.8, 4) is 28.0 Å². The molecule has 0 saturated carbocycles. The summed E-state index contributed by atoms with van der Waals surface area (Å²) in [5.74, 6) is -1.25. The zero-order valence-corrected chi connectivity index (χ0v) is 18.9. The van der Waals surface area contributed by atoms with Crippen molar-refractivity contribution in [2.75, 3.05) is 6.67 Å². The lowest BCUT2D eigenvalue weighted by Crippen LogP contribution is -2.41. The van der Waals surface area contributed by atoms with Crippen molar-refractivity contribution < 1.29 is 35.5 Å². The largest absolute Gasteiger partial charge is 0.499 e. The molecule has 1 nitrogen and oxygen atoms in total. The number of ether oxygens (including phenoxy) is 1. The van der Waals surface area contributed by atoms with Gasteiger partial charge in [0.05, 0.1) is 6.67 Å². The van der Waals surface area contributed by atoms with Crippen LogP contribution in [0.1, 0.15) is 37.7 Å². The molecule has 0 fully saturated rings. The molecule has 0 aromatic heterocycles. The van der Waals surface area contributed by atoms with Gasteiger partial charge in [-0.15, -0.1) is 0 Å². The van der Waals surface area contributed by atoms with Crippen molar-refractivity contribution in [1.29, 1.82) is 0 Å². The molecule has 0 spiro atoms.